The van der Waals surface area contributed by atoms with Crippen LogP contribution in [-0.2, 0) is 4.74 Å². The smallest absolute Gasteiger partial charge is 0.0808 e. The van der Waals surface area contributed by atoms with Crippen LogP contribution >= 0.6 is 0 Å². The third-order valence-corrected chi connectivity index (χ3v) is 2.38. The molecular weight excluding hydrogens is 160 g/mol. The Bertz CT molecular complexity index is 313. The van der Waals surface area contributed by atoms with Crippen LogP contribution in [0.2, 0.25) is 0 Å². The van der Waals surface area contributed by atoms with Crippen molar-refractivity contribution < 1.29 is 4.74 Å². The van der Waals surface area contributed by atoms with E-state index in [4.69, 9.17) is 4.74 Å². The van der Waals surface area contributed by atoms with E-state index >= 15 is 0 Å². The quantitative estimate of drug-likeness (QED) is 0.636. The molecule has 0 aliphatic carbocycles. The molecule has 0 unspecified atom stereocenters. The van der Waals surface area contributed by atoms with E-state index in [1.807, 2.05) is 6.07 Å². The maximum Gasteiger partial charge on any atom is 0.0808 e. The van der Waals surface area contributed by atoms with E-state index < -0.39 is 0 Å². The lowest BCUT2D eigenvalue weighted by Gasteiger charge is -2.09. The maximum absolute atomic E-state index is 5.64. The van der Waals surface area contributed by atoms with Gasteiger partial charge in [0.15, 0.2) is 0 Å². The molecule has 0 N–H and O–H groups in total. The van der Waals surface area contributed by atoms with Gasteiger partial charge in [-0.3, -0.25) is 0 Å². The molecule has 2 atom stereocenters. The molecule has 1 aliphatic heterocycles. The zero-order valence-corrected chi connectivity index (χ0v) is 8.03. The van der Waals surface area contributed by atoms with Crippen LogP contribution in [0.15, 0.2) is 36.4 Å². The van der Waals surface area contributed by atoms with Gasteiger partial charge in [0.05, 0.1) is 12.2 Å². The van der Waals surface area contributed by atoms with E-state index in [1.54, 1.807) is 0 Å². The van der Waals surface area contributed by atoms with E-state index in [2.05, 4.69) is 44.2 Å². The molecule has 0 saturated carbocycles. The second kappa shape index (κ2) is 3.35. The van der Waals surface area contributed by atoms with E-state index in [0.29, 0.717) is 0 Å². The number of ether oxygens (including phenoxy) is 1. The highest BCUT2D eigenvalue weighted by Crippen LogP contribution is 2.27. The first-order valence-electron chi connectivity index (χ1n) is 4.70. The second-order valence-corrected chi connectivity index (χ2v) is 3.47. The molecule has 0 aromatic heterocycles. The first kappa shape index (κ1) is 8.52. The van der Waals surface area contributed by atoms with Gasteiger partial charge in [-0.05, 0) is 31.1 Å². The lowest BCUT2D eigenvalue weighted by Crippen LogP contribution is -2.06. The highest BCUT2D eigenvalue weighted by atomic mass is 16.5. The fourth-order valence-electron chi connectivity index (χ4n) is 1.78. The SMILES string of the molecule is C[C@@H]1O[C@@H](C)C=C1c1ccccc1. The molecule has 1 aromatic rings. The van der Waals surface area contributed by atoms with Crippen molar-refractivity contribution in [2.75, 3.05) is 0 Å². The molecule has 68 valence electrons. The Morgan fingerprint density at radius 3 is 2.31 bits per heavy atom. The summed E-state index contributed by atoms with van der Waals surface area (Å²) in [6.07, 6.45) is 2.68. The van der Waals surface area contributed by atoms with Crippen LogP contribution in [0.25, 0.3) is 5.57 Å². The summed E-state index contributed by atoms with van der Waals surface area (Å²) in [6, 6.07) is 10.4. The van der Waals surface area contributed by atoms with Crippen molar-refractivity contribution in [3.63, 3.8) is 0 Å². The van der Waals surface area contributed by atoms with Gasteiger partial charge >= 0.3 is 0 Å². The van der Waals surface area contributed by atoms with Crippen molar-refractivity contribution in [3.05, 3.63) is 42.0 Å². The first-order valence-corrected chi connectivity index (χ1v) is 4.70. The third-order valence-electron chi connectivity index (χ3n) is 2.38. The van der Waals surface area contributed by atoms with Crippen molar-refractivity contribution >= 4 is 5.57 Å². The molecule has 0 spiro atoms. The minimum atomic E-state index is 0.234. The topological polar surface area (TPSA) is 9.23 Å². The van der Waals surface area contributed by atoms with Crippen molar-refractivity contribution in [2.45, 2.75) is 26.1 Å². The van der Waals surface area contributed by atoms with E-state index in [-0.39, 0.29) is 12.2 Å². The van der Waals surface area contributed by atoms with Gasteiger partial charge in [-0.25, -0.2) is 0 Å². The minimum absolute atomic E-state index is 0.234. The van der Waals surface area contributed by atoms with Crippen LogP contribution in [0.3, 0.4) is 0 Å². The monoisotopic (exact) mass is 174 g/mol. The molecule has 0 radical (unpaired) electrons. The van der Waals surface area contributed by atoms with E-state index in [0.717, 1.165) is 0 Å². The van der Waals surface area contributed by atoms with E-state index in [1.165, 1.54) is 11.1 Å². The van der Waals surface area contributed by atoms with Crippen LogP contribution < -0.4 is 0 Å². The highest BCUT2D eigenvalue weighted by Gasteiger charge is 2.20. The van der Waals surface area contributed by atoms with Gasteiger partial charge in [-0.1, -0.05) is 30.3 Å². The average molecular weight is 174 g/mol. The molecule has 13 heavy (non-hydrogen) atoms. The van der Waals surface area contributed by atoms with Gasteiger partial charge < -0.3 is 4.74 Å². The highest BCUT2D eigenvalue weighted by molar-refractivity contribution is 5.70. The van der Waals surface area contributed by atoms with Gasteiger partial charge in [0.1, 0.15) is 0 Å². The molecule has 1 heterocycles. The minimum Gasteiger partial charge on any atom is -0.367 e. The molecule has 1 heteroatoms. The van der Waals surface area contributed by atoms with Crippen LogP contribution in [-0.4, -0.2) is 12.2 Å². The first-order chi connectivity index (χ1) is 6.27. The fraction of sp³-hybridized carbons (Fsp3) is 0.333. The predicted octanol–water partition coefficient (Wildman–Crippen LogP) is 2.88. The van der Waals surface area contributed by atoms with Crippen LogP contribution in [0, 0.1) is 0 Å². The summed E-state index contributed by atoms with van der Waals surface area (Å²) < 4.78 is 5.64. The summed E-state index contributed by atoms with van der Waals surface area (Å²) >= 11 is 0. The van der Waals surface area contributed by atoms with E-state index in [9.17, 15) is 0 Å². The molecule has 0 fully saturated rings. The molecule has 0 amide bonds. The van der Waals surface area contributed by atoms with Crippen LogP contribution in [0.1, 0.15) is 19.4 Å². The predicted molar refractivity (Wildman–Crippen MR) is 54.4 cm³/mol. The average Bonchev–Trinajstić information content (AvgIpc) is 2.47. The molecule has 0 saturated heterocycles. The van der Waals surface area contributed by atoms with Gasteiger partial charge in [0.25, 0.3) is 0 Å². The molecule has 2 rings (SSSR count). The van der Waals surface area contributed by atoms with Gasteiger partial charge in [-0.2, -0.15) is 0 Å². The zero-order chi connectivity index (χ0) is 9.26. The zero-order valence-electron chi connectivity index (χ0n) is 8.03. The molecule has 1 aromatic carbocycles. The molecular formula is C12H14O. The summed E-state index contributed by atoms with van der Waals surface area (Å²) in [5.74, 6) is 0. The van der Waals surface area contributed by atoms with Gasteiger partial charge in [0.2, 0.25) is 0 Å². The summed E-state index contributed by atoms with van der Waals surface area (Å²) in [5.41, 5.74) is 2.59. The normalized spacial score (nSPS) is 27.4. The van der Waals surface area contributed by atoms with Crippen LogP contribution in [0.4, 0.5) is 0 Å². The summed E-state index contributed by atoms with van der Waals surface area (Å²) in [7, 11) is 0. The summed E-state index contributed by atoms with van der Waals surface area (Å²) in [6.45, 7) is 4.18. The van der Waals surface area contributed by atoms with Gasteiger partial charge in [-0.15, -0.1) is 0 Å². The lowest BCUT2D eigenvalue weighted by molar-refractivity contribution is 0.0865. The van der Waals surface area contributed by atoms with Crippen LogP contribution in [0.5, 0.6) is 0 Å². The van der Waals surface area contributed by atoms with Crippen molar-refractivity contribution in [3.8, 4) is 0 Å². The second-order valence-electron chi connectivity index (χ2n) is 3.47. The fourth-order valence-corrected chi connectivity index (χ4v) is 1.78. The van der Waals surface area contributed by atoms with Crippen molar-refractivity contribution in [1.82, 2.24) is 0 Å². The lowest BCUT2D eigenvalue weighted by atomic mass is 10.0. The summed E-state index contributed by atoms with van der Waals surface area (Å²) in [4.78, 5) is 0. The number of hydrogen-bond acceptors (Lipinski definition) is 1. The Morgan fingerprint density at radius 2 is 1.77 bits per heavy atom. The number of hydrogen-bond donors (Lipinski definition) is 0. The Balaban J connectivity index is 2.32. The Labute approximate surface area is 79.0 Å². The molecule has 1 nitrogen and oxygen atoms in total. The Morgan fingerprint density at radius 1 is 1.08 bits per heavy atom. The molecule has 1 aliphatic rings. The van der Waals surface area contributed by atoms with Gasteiger partial charge in [0, 0.05) is 0 Å². The Kier molecular flexibility index (Phi) is 2.19. The largest absolute Gasteiger partial charge is 0.367 e. The number of benzene rings is 1. The summed E-state index contributed by atoms with van der Waals surface area (Å²) in [5, 5.41) is 0. The van der Waals surface area contributed by atoms with Crippen molar-refractivity contribution in [2.24, 2.45) is 0 Å². The number of rotatable bonds is 1. The maximum atomic E-state index is 5.64. The van der Waals surface area contributed by atoms with Crippen molar-refractivity contribution in [1.29, 1.82) is 0 Å². The standard InChI is InChI=1S/C12H14O/c1-9-8-12(10(2)13-9)11-6-4-3-5-7-11/h3-10H,1-2H3/t9-,10-/m0/s1. The Hall–Kier alpha value is -1.08. The third kappa shape index (κ3) is 1.65. The molecule has 0 bridgehead atoms.